The Labute approximate surface area is 123 Å². The first kappa shape index (κ1) is 13.4. The number of nitrogens with one attached hydrogen (secondary N) is 2. The largest absolute Gasteiger partial charge is 0.354 e. The number of fused-ring (bicyclic) bond motifs is 1. The van der Waals surface area contributed by atoms with Crippen molar-refractivity contribution in [2.24, 2.45) is 0 Å². The topological polar surface area (TPSA) is 62.2 Å². The average molecular weight is 282 g/mol. The van der Waals surface area contributed by atoms with Crippen LogP contribution >= 0.6 is 0 Å². The number of aromatic nitrogens is 3. The van der Waals surface area contributed by atoms with Crippen molar-refractivity contribution in [1.29, 1.82) is 0 Å². The first-order valence-corrected chi connectivity index (χ1v) is 6.88. The molecule has 0 unspecified atom stereocenters. The molecule has 0 radical (unpaired) electrons. The molecule has 2 heterocycles. The molecule has 1 aromatic carbocycles. The number of rotatable bonds is 2. The van der Waals surface area contributed by atoms with Gasteiger partial charge < -0.3 is 5.32 Å². The van der Waals surface area contributed by atoms with E-state index in [2.05, 4.69) is 21.5 Å². The summed E-state index contributed by atoms with van der Waals surface area (Å²) in [5, 5.41) is 5.84. The predicted octanol–water partition coefficient (Wildman–Crippen LogP) is 2.61. The Morgan fingerprint density at radius 3 is 2.43 bits per heavy atom. The molecule has 5 heteroatoms. The summed E-state index contributed by atoms with van der Waals surface area (Å²) in [5.41, 5.74) is 6.22. The van der Waals surface area contributed by atoms with E-state index in [-0.39, 0.29) is 5.91 Å². The van der Waals surface area contributed by atoms with Gasteiger partial charge in [0, 0.05) is 24.4 Å². The van der Waals surface area contributed by atoms with Crippen molar-refractivity contribution in [1.82, 2.24) is 19.9 Å². The highest BCUT2D eigenvalue weighted by Gasteiger charge is 2.21. The second-order valence-corrected chi connectivity index (χ2v) is 5.40. The first-order chi connectivity index (χ1) is 9.99. The maximum absolute atomic E-state index is 12.3. The highest BCUT2D eigenvalue weighted by molar-refractivity contribution is 5.99. The summed E-state index contributed by atoms with van der Waals surface area (Å²) in [5.74, 6) is -0.154. The Hall–Kier alpha value is -2.56. The van der Waals surface area contributed by atoms with Gasteiger partial charge in [-0.3, -0.25) is 9.89 Å². The van der Waals surface area contributed by atoms with Gasteiger partial charge in [0.25, 0.3) is 5.91 Å². The van der Waals surface area contributed by atoms with Crippen LogP contribution in [0.15, 0.2) is 24.3 Å². The van der Waals surface area contributed by atoms with Crippen LogP contribution in [0.1, 0.15) is 27.3 Å². The van der Waals surface area contributed by atoms with E-state index in [1.807, 2.05) is 39.0 Å². The van der Waals surface area contributed by atoms with Crippen LogP contribution in [-0.4, -0.2) is 27.6 Å². The molecule has 0 bridgehead atoms. The second-order valence-electron chi connectivity index (χ2n) is 5.40. The maximum Gasteiger partial charge on any atom is 0.271 e. The summed E-state index contributed by atoms with van der Waals surface area (Å²) in [6.45, 7) is 6.03. The van der Waals surface area contributed by atoms with Crippen molar-refractivity contribution >= 4 is 11.6 Å². The zero-order valence-corrected chi connectivity index (χ0v) is 12.6. The van der Waals surface area contributed by atoms with Crippen LogP contribution in [0.25, 0.3) is 16.9 Å². The Morgan fingerprint density at radius 2 is 1.81 bits per heavy atom. The van der Waals surface area contributed by atoms with Crippen LogP contribution in [0.2, 0.25) is 0 Å². The molecule has 2 aromatic heterocycles. The van der Waals surface area contributed by atoms with Gasteiger partial charge in [-0.25, -0.2) is 9.50 Å². The number of imidazole rings is 1. The SMILES string of the molecule is CNC(=O)c1c(-c2cc(C)cc(C)c2)nc2cc(C)[nH]n12. The van der Waals surface area contributed by atoms with Gasteiger partial charge >= 0.3 is 0 Å². The van der Waals surface area contributed by atoms with Gasteiger partial charge in [0.1, 0.15) is 5.69 Å². The molecular formula is C16H18N4O. The summed E-state index contributed by atoms with van der Waals surface area (Å²) in [7, 11) is 1.63. The molecule has 0 spiro atoms. The Balaban J connectivity index is 2.30. The minimum atomic E-state index is -0.154. The second kappa shape index (κ2) is 4.77. The van der Waals surface area contributed by atoms with Gasteiger partial charge in [-0.2, -0.15) is 0 Å². The zero-order chi connectivity index (χ0) is 15.1. The van der Waals surface area contributed by atoms with Gasteiger partial charge in [-0.15, -0.1) is 0 Å². The molecule has 2 N–H and O–H groups in total. The summed E-state index contributed by atoms with van der Waals surface area (Å²) in [6, 6.07) is 8.13. The molecule has 3 aromatic rings. The number of aromatic amines is 1. The highest BCUT2D eigenvalue weighted by atomic mass is 16.1. The number of aryl methyl sites for hydroxylation is 3. The van der Waals surface area contributed by atoms with Gasteiger partial charge in [0.2, 0.25) is 0 Å². The van der Waals surface area contributed by atoms with E-state index < -0.39 is 0 Å². The third-order valence-corrected chi connectivity index (χ3v) is 3.47. The number of hydrogen-bond acceptors (Lipinski definition) is 2. The minimum absolute atomic E-state index is 0.154. The van der Waals surface area contributed by atoms with E-state index in [0.29, 0.717) is 11.4 Å². The van der Waals surface area contributed by atoms with E-state index >= 15 is 0 Å². The van der Waals surface area contributed by atoms with E-state index in [9.17, 15) is 4.79 Å². The molecular weight excluding hydrogens is 264 g/mol. The molecule has 0 aliphatic carbocycles. The lowest BCUT2D eigenvalue weighted by molar-refractivity contribution is 0.0957. The summed E-state index contributed by atoms with van der Waals surface area (Å²) in [4.78, 5) is 16.9. The zero-order valence-electron chi connectivity index (χ0n) is 12.6. The third kappa shape index (κ3) is 2.20. The number of carbonyl (C=O) groups excluding carboxylic acids is 1. The normalized spacial score (nSPS) is 11.0. The van der Waals surface area contributed by atoms with Crippen molar-refractivity contribution in [3.8, 4) is 11.3 Å². The fourth-order valence-corrected chi connectivity index (χ4v) is 2.69. The van der Waals surface area contributed by atoms with Crippen LogP contribution < -0.4 is 5.32 Å². The minimum Gasteiger partial charge on any atom is -0.354 e. The number of H-pyrrole nitrogens is 1. The monoisotopic (exact) mass is 282 g/mol. The molecule has 1 amide bonds. The predicted molar refractivity (Wildman–Crippen MR) is 82.6 cm³/mol. The summed E-state index contributed by atoms with van der Waals surface area (Å²) in [6.07, 6.45) is 0. The maximum atomic E-state index is 12.3. The molecule has 21 heavy (non-hydrogen) atoms. The Morgan fingerprint density at radius 1 is 1.14 bits per heavy atom. The number of nitrogens with zero attached hydrogens (tertiary/aromatic N) is 2. The molecule has 3 rings (SSSR count). The van der Waals surface area contributed by atoms with Crippen LogP contribution in [0.4, 0.5) is 0 Å². The van der Waals surface area contributed by atoms with Crippen LogP contribution in [0.3, 0.4) is 0 Å². The third-order valence-electron chi connectivity index (χ3n) is 3.47. The molecule has 5 nitrogen and oxygen atoms in total. The molecule has 0 saturated heterocycles. The Kier molecular flexibility index (Phi) is 3.05. The Bertz CT molecular complexity index is 821. The average Bonchev–Trinajstić information content (AvgIpc) is 2.92. The van der Waals surface area contributed by atoms with Crippen molar-refractivity contribution in [3.63, 3.8) is 0 Å². The highest BCUT2D eigenvalue weighted by Crippen LogP contribution is 2.26. The number of carbonyl (C=O) groups is 1. The lowest BCUT2D eigenvalue weighted by atomic mass is 10.0. The molecule has 0 fully saturated rings. The smallest absolute Gasteiger partial charge is 0.271 e. The van der Waals surface area contributed by atoms with Crippen LogP contribution in [-0.2, 0) is 0 Å². The molecule has 0 aliphatic heterocycles. The van der Waals surface area contributed by atoms with Crippen LogP contribution in [0, 0.1) is 20.8 Å². The van der Waals surface area contributed by atoms with Gasteiger partial charge in [0.05, 0.1) is 0 Å². The molecule has 0 aliphatic rings. The fourth-order valence-electron chi connectivity index (χ4n) is 2.69. The van der Waals surface area contributed by atoms with Crippen molar-refractivity contribution in [2.45, 2.75) is 20.8 Å². The summed E-state index contributed by atoms with van der Waals surface area (Å²) >= 11 is 0. The van der Waals surface area contributed by atoms with Crippen molar-refractivity contribution in [3.05, 3.63) is 46.8 Å². The van der Waals surface area contributed by atoms with E-state index in [1.54, 1.807) is 11.6 Å². The van der Waals surface area contributed by atoms with E-state index in [4.69, 9.17) is 0 Å². The van der Waals surface area contributed by atoms with Crippen molar-refractivity contribution in [2.75, 3.05) is 7.05 Å². The van der Waals surface area contributed by atoms with Gasteiger partial charge in [0.15, 0.2) is 11.3 Å². The summed E-state index contributed by atoms with van der Waals surface area (Å²) < 4.78 is 1.74. The standard InChI is InChI=1S/C16H18N4O/c1-9-5-10(2)7-12(6-9)14-15(16(21)17-4)20-13(18-14)8-11(3)19-20/h5-8,19H,1-4H3,(H,17,21). The van der Waals surface area contributed by atoms with E-state index in [0.717, 1.165) is 28.0 Å². The van der Waals surface area contributed by atoms with Crippen LogP contribution in [0.5, 0.6) is 0 Å². The molecule has 0 saturated carbocycles. The number of benzene rings is 1. The fraction of sp³-hybridized carbons (Fsp3) is 0.250. The van der Waals surface area contributed by atoms with Crippen molar-refractivity contribution < 1.29 is 4.79 Å². The quantitative estimate of drug-likeness (QED) is 0.759. The number of hydrogen-bond donors (Lipinski definition) is 2. The lowest BCUT2D eigenvalue weighted by Gasteiger charge is -2.06. The van der Waals surface area contributed by atoms with E-state index in [1.165, 1.54) is 0 Å². The van der Waals surface area contributed by atoms with Gasteiger partial charge in [-0.05, 0) is 32.9 Å². The first-order valence-electron chi connectivity index (χ1n) is 6.88. The molecule has 108 valence electrons. The number of amides is 1. The van der Waals surface area contributed by atoms with Gasteiger partial charge in [-0.1, -0.05) is 17.2 Å². The lowest BCUT2D eigenvalue weighted by Crippen LogP contribution is -2.21. The molecule has 0 atom stereocenters.